The Hall–Kier alpha value is -2.80. The maximum Gasteiger partial charge on any atom is 0.416 e. The summed E-state index contributed by atoms with van der Waals surface area (Å²) < 4.78 is 45.0. The van der Waals surface area contributed by atoms with Crippen molar-refractivity contribution < 1.29 is 37.4 Å². The maximum absolute atomic E-state index is 13.1. The van der Waals surface area contributed by atoms with Crippen LogP contribution in [0.25, 0.3) is 6.08 Å². The van der Waals surface area contributed by atoms with Crippen LogP contribution in [0.1, 0.15) is 18.1 Å². The van der Waals surface area contributed by atoms with E-state index in [0.717, 1.165) is 12.1 Å². The van der Waals surface area contributed by atoms with E-state index in [2.05, 4.69) is 0 Å². The Morgan fingerprint density at radius 1 is 1.22 bits per heavy atom. The van der Waals surface area contributed by atoms with Gasteiger partial charge in [0.2, 0.25) is 0 Å². The summed E-state index contributed by atoms with van der Waals surface area (Å²) in [7, 11) is 0. The van der Waals surface area contributed by atoms with Crippen molar-refractivity contribution in [3.63, 3.8) is 0 Å². The van der Waals surface area contributed by atoms with Crippen molar-refractivity contribution >= 4 is 63.8 Å². The van der Waals surface area contributed by atoms with E-state index in [1.54, 1.807) is 6.92 Å². The molecule has 0 aromatic heterocycles. The number of nitrogens with zero attached hydrogens (tertiary/aromatic N) is 1. The standard InChI is InChI=1S/C20H13ClF3IN2O5/c1-2-32-15-7-9(6-13(25)16(15)28)5-11-17(29)26-19(31)27(18(11)30)14-8-10(20(22,23)24)3-4-12(14)21/h3-8,28H,2H2,1H3,(H,26,29,31)/b11-5+. The van der Waals surface area contributed by atoms with Crippen LogP contribution in [-0.2, 0) is 15.8 Å². The third kappa shape index (κ3) is 4.67. The minimum atomic E-state index is -4.75. The Bertz CT molecular complexity index is 1170. The number of anilines is 1. The molecule has 0 radical (unpaired) electrons. The number of nitrogens with one attached hydrogen (secondary N) is 1. The number of carbonyl (C=O) groups excluding carboxylic acids is 3. The zero-order valence-corrected chi connectivity index (χ0v) is 19.0. The highest BCUT2D eigenvalue weighted by atomic mass is 127. The lowest BCUT2D eigenvalue weighted by molar-refractivity contribution is -0.137. The van der Waals surface area contributed by atoms with Gasteiger partial charge in [-0.05, 0) is 71.5 Å². The zero-order chi connectivity index (χ0) is 23.8. The van der Waals surface area contributed by atoms with Crippen molar-refractivity contribution in [2.24, 2.45) is 0 Å². The first-order valence-corrected chi connectivity index (χ1v) is 10.3. The average molecular weight is 581 g/mol. The molecule has 3 rings (SSSR count). The van der Waals surface area contributed by atoms with Gasteiger partial charge in [0, 0.05) is 0 Å². The first-order chi connectivity index (χ1) is 14.9. The fourth-order valence-electron chi connectivity index (χ4n) is 2.85. The molecule has 1 fully saturated rings. The fourth-order valence-corrected chi connectivity index (χ4v) is 3.67. The van der Waals surface area contributed by atoms with E-state index in [-0.39, 0.29) is 28.7 Å². The maximum atomic E-state index is 13.1. The van der Waals surface area contributed by atoms with Gasteiger partial charge in [0.15, 0.2) is 11.5 Å². The van der Waals surface area contributed by atoms with Crippen LogP contribution in [0.3, 0.4) is 0 Å². The average Bonchev–Trinajstić information content (AvgIpc) is 2.69. The van der Waals surface area contributed by atoms with Gasteiger partial charge in [-0.2, -0.15) is 13.2 Å². The number of hydrogen-bond donors (Lipinski definition) is 2. The lowest BCUT2D eigenvalue weighted by Crippen LogP contribution is -2.54. The monoisotopic (exact) mass is 580 g/mol. The first kappa shape index (κ1) is 23.9. The van der Waals surface area contributed by atoms with Gasteiger partial charge < -0.3 is 9.84 Å². The van der Waals surface area contributed by atoms with E-state index in [1.165, 1.54) is 12.1 Å². The molecule has 2 N–H and O–H groups in total. The summed E-state index contributed by atoms with van der Waals surface area (Å²) in [6.07, 6.45) is -3.62. The van der Waals surface area contributed by atoms with Crippen LogP contribution in [0, 0.1) is 3.57 Å². The topological polar surface area (TPSA) is 95.9 Å². The van der Waals surface area contributed by atoms with E-state index < -0.39 is 40.8 Å². The van der Waals surface area contributed by atoms with E-state index >= 15 is 0 Å². The number of ether oxygens (including phenoxy) is 1. The largest absolute Gasteiger partial charge is 0.504 e. The molecule has 0 spiro atoms. The smallest absolute Gasteiger partial charge is 0.416 e. The molecule has 168 valence electrons. The van der Waals surface area contributed by atoms with Crippen molar-refractivity contribution in [1.29, 1.82) is 0 Å². The number of urea groups is 1. The highest BCUT2D eigenvalue weighted by Crippen LogP contribution is 2.37. The number of hydrogen-bond acceptors (Lipinski definition) is 5. The number of alkyl halides is 3. The first-order valence-electron chi connectivity index (χ1n) is 8.87. The predicted octanol–water partition coefficient (Wildman–Crippen LogP) is 4.73. The van der Waals surface area contributed by atoms with Crippen molar-refractivity contribution in [2.45, 2.75) is 13.1 Å². The molecule has 1 aliphatic heterocycles. The van der Waals surface area contributed by atoms with Crippen LogP contribution in [0.2, 0.25) is 5.02 Å². The molecule has 7 nitrogen and oxygen atoms in total. The van der Waals surface area contributed by atoms with Gasteiger partial charge in [-0.15, -0.1) is 0 Å². The Balaban J connectivity index is 2.09. The third-order valence-corrected chi connectivity index (χ3v) is 5.42. The quantitative estimate of drug-likeness (QED) is 0.310. The molecule has 0 saturated carbocycles. The molecule has 0 aliphatic carbocycles. The molecule has 2 aromatic carbocycles. The number of phenolic OH excluding ortho intramolecular Hbond substituents is 1. The Morgan fingerprint density at radius 2 is 1.91 bits per heavy atom. The molecule has 12 heteroatoms. The number of halogens is 5. The number of aromatic hydroxyl groups is 1. The minimum Gasteiger partial charge on any atom is -0.504 e. The summed E-state index contributed by atoms with van der Waals surface area (Å²) in [6.45, 7) is 1.93. The van der Waals surface area contributed by atoms with Crippen molar-refractivity contribution in [3.8, 4) is 11.5 Å². The second-order valence-electron chi connectivity index (χ2n) is 6.40. The van der Waals surface area contributed by atoms with Crippen molar-refractivity contribution in [3.05, 3.63) is 55.6 Å². The molecule has 1 saturated heterocycles. The summed E-state index contributed by atoms with van der Waals surface area (Å²) in [6, 6.07) is 3.72. The number of imide groups is 2. The fraction of sp³-hybridized carbons (Fsp3) is 0.150. The number of amides is 4. The molecule has 0 unspecified atom stereocenters. The van der Waals surface area contributed by atoms with Gasteiger partial charge in [-0.25, -0.2) is 9.69 Å². The highest BCUT2D eigenvalue weighted by molar-refractivity contribution is 14.1. The predicted molar refractivity (Wildman–Crippen MR) is 117 cm³/mol. The summed E-state index contributed by atoms with van der Waals surface area (Å²) in [4.78, 5) is 38.0. The lowest BCUT2D eigenvalue weighted by Gasteiger charge is -2.27. The zero-order valence-electron chi connectivity index (χ0n) is 16.1. The molecular formula is C20H13ClF3IN2O5. The van der Waals surface area contributed by atoms with Gasteiger partial charge in [0.25, 0.3) is 11.8 Å². The molecule has 0 bridgehead atoms. The van der Waals surface area contributed by atoms with Gasteiger partial charge in [-0.1, -0.05) is 11.6 Å². The number of phenols is 1. The normalized spacial score (nSPS) is 15.9. The van der Waals surface area contributed by atoms with Crippen LogP contribution < -0.4 is 15.0 Å². The van der Waals surface area contributed by atoms with Crippen LogP contribution in [0.5, 0.6) is 11.5 Å². The van der Waals surface area contributed by atoms with E-state index in [4.69, 9.17) is 16.3 Å². The minimum absolute atomic E-state index is 0.101. The molecule has 1 aliphatic rings. The summed E-state index contributed by atoms with van der Waals surface area (Å²) in [5.41, 5.74) is -1.91. The Labute approximate surface area is 197 Å². The summed E-state index contributed by atoms with van der Waals surface area (Å²) >= 11 is 7.78. The second kappa shape index (κ2) is 8.98. The van der Waals surface area contributed by atoms with Crippen molar-refractivity contribution in [1.82, 2.24) is 5.32 Å². The van der Waals surface area contributed by atoms with E-state index in [1.807, 2.05) is 27.9 Å². The van der Waals surface area contributed by atoms with E-state index in [0.29, 0.717) is 20.6 Å². The summed E-state index contributed by atoms with van der Waals surface area (Å²) in [5, 5.41) is 11.7. The molecule has 32 heavy (non-hydrogen) atoms. The van der Waals surface area contributed by atoms with E-state index in [9.17, 15) is 32.7 Å². The van der Waals surface area contributed by atoms with Crippen LogP contribution >= 0.6 is 34.2 Å². The van der Waals surface area contributed by atoms with Gasteiger partial charge in [0.1, 0.15) is 5.57 Å². The third-order valence-electron chi connectivity index (χ3n) is 4.28. The molecular weight excluding hydrogens is 568 g/mol. The van der Waals surface area contributed by atoms with Crippen molar-refractivity contribution in [2.75, 3.05) is 11.5 Å². The van der Waals surface area contributed by atoms with Gasteiger partial charge in [0.05, 0.1) is 26.5 Å². The van der Waals surface area contributed by atoms with Gasteiger partial charge in [-0.3, -0.25) is 14.9 Å². The van der Waals surface area contributed by atoms with Crippen LogP contribution in [-0.4, -0.2) is 29.6 Å². The molecule has 0 atom stereocenters. The Morgan fingerprint density at radius 3 is 2.53 bits per heavy atom. The summed E-state index contributed by atoms with van der Waals surface area (Å²) in [5.74, 6) is -2.24. The number of rotatable bonds is 4. The number of benzene rings is 2. The van der Waals surface area contributed by atoms with Crippen LogP contribution in [0.15, 0.2) is 35.9 Å². The SMILES string of the molecule is CCOc1cc(/C=C2\C(=O)NC(=O)N(c3cc(C(F)(F)F)ccc3Cl)C2=O)cc(I)c1O. The molecule has 4 amide bonds. The number of barbiturate groups is 1. The lowest BCUT2D eigenvalue weighted by atomic mass is 10.1. The second-order valence-corrected chi connectivity index (χ2v) is 7.97. The highest BCUT2D eigenvalue weighted by Gasteiger charge is 2.39. The Kier molecular flexibility index (Phi) is 6.69. The molecule has 2 aromatic rings. The molecule has 1 heterocycles. The number of carbonyl (C=O) groups is 3. The van der Waals surface area contributed by atoms with Gasteiger partial charge >= 0.3 is 12.2 Å². The van der Waals surface area contributed by atoms with Crippen LogP contribution in [0.4, 0.5) is 23.7 Å².